The van der Waals surface area contributed by atoms with Crippen LogP contribution < -0.4 is 20.7 Å². The molecule has 1 rings (SSSR count). The van der Waals surface area contributed by atoms with Crippen molar-refractivity contribution in [2.75, 3.05) is 17.7 Å². The predicted molar refractivity (Wildman–Crippen MR) is 105 cm³/mol. The van der Waals surface area contributed by atoms with Gasteiger partial charge in [0.2, 0.25) is 11.8 Å². The molecule has 0 unspecified atom stereocenters. The Labute approximate surface area is 154 Å². The second-order valence-electron chi connectivity index (χ2n) is 6.02. The van der Waals surface area contributed by atoms with Gasteiger partial charge < -0.3 is 20.7 Å². The van der Waals surface area contributed by atoms with Gasteiger partial charge in [-0.3, -0.25) is 9.59 Å². The summed E-state index contributed by atoms with van der Waals surface area (Å²) in [6.45, 7) is 5.73. The summed E-state index contributed by atoms with van der Waals surface area (Å²) in [5, 5.41) is 8.65. The van der Waals surface area contributed by atoms with Gasteiger partial charge in [-0.15, -0.1) is 0 Å². The van der Waals surface area contributed by atoms with Crippen LogP contribution in [0.1, 0.15) is 46.5 Å². The number of carbonyl (C=O) groups excluding carboxylic acids is 2. The number of ether oxygens (including phenoxy) is 1. The lowest BCUT2D eigenvalue weighted by atomic mass is 10.2. The summed E-state index contributed by atoms with van der Waals surface area (Å²) in [7, 11) is 1.53. The first kappa shape index (κ1) is 20.9. The number of hydrogen-bond donors (Lipinski definition) is 3. The molecule has 0 bridgehead atoms. The smallest absolute Gasteiger partial charge is 0.227 e. The Morgan fingerprint density at radius 1 is 1.20 bits per heavy atom. The number of nitrogens with one attached hydrogen (secondary N) is 3. The van der Waals surface area contributed by atoms with E-state index in [4.69, 9.17) is 17.0 Å². The highest BCUT2D eigenvalue weighted by atomic mass is 32.1. The molecule has 25 heavy (non-hydrogen) atoms. The van der Waals surface area contributed by atoms with E-state index in [-0.39, 0.29) is 22.8 Å². The molecule has 0 spiro atoms. The molecule has 0 aromatic heterocycles. The number of hydrogen-bond acceptors (Lipinski definition) is 4. The molecule has 1 aromatic rings. The summed E-state index contributed by atoms with van der Waals surface area (Å²) < 4.78 is 5.31. The number of amides is 2. The zero-order valence-electron chi connectivity index (χ0n) is 15.3. The second-order valence-corrected chi connectivity index (χ2v) is 6.43. The van der Waals surface area contributed by atoms with Gasteiger partial charge in [-0.05, 0) is 30.8 Å². The van der Waals surface area contributed by atoms with Crippen LogP contribution in [-0.4, -0.2) is 24.0 Å². The highest BCUT2D eigenvalue weighted by Gasteiger charge is 2.12. The Kier molecular flexibility index (Phi) is 8.91. The fraction of sp³-hybridized carbons (Fsp3) is 0.500. The van der Waals surface area contributed by atoms with E-state index >= 15 is 0 Å². The standard InChI is InChI=1S/C18H27N3O3S/c1-5-6-7-8-16(22)21-18(25)19-13-9-10-14(15(11-13)24-4)20-17(23)12(2)3/h9-12H,5-8H2,1-4H3,(H,20,23)(H2,19,21,22,25). The summed E-state index contributed by atoms with van der Waals surface area (Å²) in [4.78, 5) is 23.6. The highest BCUT2D eigenvalue weighted by Crippen LogP contribution is 2.28. The van der Waals surface area contributed by atoms with Crippen LogP contribution in [0.3, 0.4) is 0 Å². The van der Waals surface area contributed by atoms with Crippen LogP contribution in [0.4, 0.5) is 11.4 Å². The molecule has 0 heterocycles. The molecule has 0 saturated heterocycles. The van der Waals surface area contributed by atoms with Gasteiger partial charge >= 0.3 is 0 Å². The van der Waals surface area contributed by atoms with Gasteiger partial charge in [-0.1, -0.05) is 33.6 Å². The topological polar surface area (TPSA) is 79.5 Å². The van der Waals surface area contributed by atoms with Crippen LogP contribution >= 0.6 is 12.2 Å². The largest absolute Gasteiger partial charge is 0.494 e. The Balaban J connectivity index is 2.65. The molecular formula is C18H27N3O3S. The maximum absolute atomic E-state index is 11.8. The quantitative estimate of drug-likeness (QED) is 0.484. The zero-order valence-corrected chi connectivity index (χ0v) is 16.1. The minimum absolute atomic E-state index is 0.0890. The van der Waals surface area contributed by atoms with Crippen molar-refractivity contribution in [3.63, 3.8) is 0 Å². The van der Waals surface area contributed by atoms with Crippen LogP contribution in [0.15, 0.2) is 18.2 Å². The van der Waals surface area contributed by atoms with E-state index < -0.39 is 0 Å². The summed E-state index contributed by atoms with van der Waals surface area (Å²) in [6, 6.07) is 5.20. The second kappa shape index (κ2) is 10.7. The summed E-state index contributed by atoms with van der Waals surface area (Å²) in [6.07, 6.45) is 3.39. The lowest BCUT2D eigenvalue weighted by molar-refractivity contribution is -0.120. The lowest BCUT2D eigenvalue weighted by Crippen LogP contribution is -2.33. The minimum atomic E-state index is -0.127. The third-order valence-electron chi connectivity index (χ3n) is 3.50. The molecule has 1 aromatic carbocycles. The molecule has 0 aliphatic heterocycles. The summed E-state index contributed by atoms with van der Waals surface area (Å²) in [5.41, 5.74) is 1.25. The van der Waals surface area contributed by atoms with Crippen LogP contribution in [0.5, 0.6) is 5.75 Å². The number of carbonyl (C=O) groups is 2. The molecule has 0 aliphatic rings. The molecule has 0 aliphatic carbocycles. The molecule has 0 atom stereocenters. The van der Waals surface area contributed by atoms with Crippen LogP contribution in [0.25, 0.3) is 0 Å². The molecular weight excluding hydrogens is 338 g/mol. The summed E-state index contributed by atoms with van der Waals surface area (Å²) in [5.74, 6) is 0.196. The number of thiocarbonyl (C=S) groups is 1. The van der Waals surface area contributed by atoms with Crippen molar-refractivity contribution in [3.05, 3.63) is 18.2 Å². The molecule has 0 fully saturated rings. The van der Waals surface area contributed by atoms with Crippen molar-refractivity contribution in [1.29, 1.82) is 0 Å². The lowest BCUT2D eigenvalue weighted by Gasteiger charge is -2.14. The Hall–Kier alpha value is -2.15. The Bertz CT molecular complexity index is 618. The molecule has 138 valence electrons. The predicted octanol–water partition coefficient (Wildman–Crippen LogP) is 3.68. The van der Waals surface area contributed by atoms with Crippen molar-refractivity contribution >= 4 is 40.5 Å². The van der Waals surface area contributed by atoms with E-state index in [1.807, 2.05) is 13.8 Å². The Morgan fingerprint density at radius 2 is 1.92 bits per heavy atom. The fourth-order valence-corrected chi connectivity index (χ4v) is 2.27. The third-order valence-corrected chi connectivity index (χ3v) is 3.71. The van der Waals surface area contributed by atoms with Gasteiger partial charge in [0.05, 0.1) is 12.8 Å². The van der Waals surface area contributed by atoms with Crippen LogP contribution in [0.2, 0.25) is 0 Å². The minimum Gasteiger partial charge on any atom is -0.494 e. The fourth-order valence-electron chi connectivity index (χ4n) is 2.04. The maximum Gasteiger partial charge on any atom is 0.227 e. The number of benzene rings is 1. The molecule has 6 nitrogen and oxygen atoms in total. The third kappa shape index (κ3) is 7.51. The average Bonchev–Trinajstić information content (AvgIpc) is 2.56. The van der Waals surface area contributed by atoms with Crippen molar-refractivity contribution < 1.29 is 14.3 Å². The normalized spacial score (nSPS) is 10.3. The monoisotopic (exact) mass is 365 g/mol. The molecule has 7 heteroatoms. The summed E-state index contributed by atoms with van der Waals surface area (Å²) >= 11 is 5.15. The van der Waals surface area contributed by atoms with E-state index in [1.165, 1.54) is 7.11 Å². The molecule has 0 saturated carbocycles. The first-order valence-corrected chi connectivity index (χ1v) is 8.88. The number of unbranched alkanes of at least 4 members (excludes halogenated alkanes) is 2. The van der Waals surface area contributed by atoms with E-state index in [0.29, 0.717) is 23.5 Å². The van der Waals surface area contributed by atoms with Gasteiger partial charge in [-0.25, -0.2) is 0 Å². The van der Waals surface area contributed by atoms with E-state index in [9.17, 15) is 9.59 Å². The van der Waals surface area contributed by atoms with Crippen molar-refractivity contribution in [3.8, 4) is 5.75 Å². The number of methoxy groups -OCH3 is 1. The van der Waals surface area contributed by atoms with Gasteiger partial charge in [0, 0.05) is 24.1 Å². The van der Waals surface area contributed by atoms with E-state index in [2.05, 4.69) is 22.9 Å². The average molecular weight is 365 g/mol. The molecule has 3 N–H and O–H groups in total. The highest BCUT2D eigenvalue weighted by molar-refractivity contribution is 7.80. The number of rotatable bonds is 8. The SMILES string of the molecule is CCCCCC(=O)NC(=S)Nc1ccc(NC(=O)C(C)C)c(OC)c1. The molecule has 0 radical (unpaired) electrons. The zero-order chi connectivity index (χ0) is 18.8. The van der Waals surface area contributed by atoms with Gasteiger partial charge in [-0.2, -0.15) is 0 Å². The van der Waals surface area contributed by atoms with Crippen LogP contribution in [0, 0.1) is 5.92 Å². The van der Waals surface area contributed by atoms with E-state index in [0.717, 1.165) is 19.3 Å². The van der Waals surface area contributed by atoms with Gasteiger partial charge in [0.25, 0.3) is 0 Å². The van der Waals surface area contributed by atoms with Crippen molar-refractivity contribution in [1.82, 2.24) is 5.32 Å². The van der Waals surface area contributed by atoms with Crippen LogP contribution in [-0.2, 0) is 9.59 Å². The molecule has 2 amide bonds. The number of anilines is 2. The van der Waals surface area contributed by atoms with E-state index in [1.54, 1.807) is 18.2 Å². The van der Waals surface area contributed by atoms with Gasteiger partial charge in [0.15, 0.2) is 5.11 Å². The van der Waals surface area contributed by atoms with Gasteiger partial charge in [0.1, 0.15) is 5.75 Å². The maximum atomic E-state index is 11.8. The van der Waals surface area contributed by atoms with Crippen molar-refractivity contribution in [2.45, 2.75) is 46.5 Å². The van der Waals surface area contributed by atoms with Crippen molar-refractivity contribution in [2.24, 2.45) is 5.92 Å². The Morgan fingerprint density at radius 3 is 2.52 bits per heavy atom. The first-order chi connectivity index (χ1) is 11.9. The first-order valence-electron chi connectivity index (χ1n) is 8.47.